The maximum Gasteiger partial charge on any atom is 0.211 e. The molecule has 2 aromatic rings. The predicted molar refractivity (Wildman–Crippen MR) is 82.2 cm³/mol. The molecule has 0 amide bonds. The summed E-state index contributed by atoms with van der Waals surface area (Å²) in [7, 11) is -3.21. The maximum absolute atomic E-state index is 12.8. The van der Waals surface area contributed by atoms with Crippen LogP contribution in [-0.2, 0) is 23.0 Å². The summed E-state index contributed by atoms with van der Waals surface area (Å²) in [6.07, 6.45) is 2.99. The van der Waals surface area contributed by atoms with E-state index in [2.05, 4.69) is 9.71 Å². The van der Waals surface area contributed by atoms with Gasteiger partial charge in [0.15, 0.2) is 0 Å². The lowest BCUT2D eigenvalue weighted by molar-refractivity contribution is 0.580. The molecule has 7 heteroatoms. The van der Waals surface area contributed by atoms with Crippen molar-refractivity contribution in [1.29, 1.82) is 0 Å². The SMILES string of the molecule is CCCS(=O)(=O)NCc1ncc(Cc2ccc(F)cc2)s1. The minimum atomic E-state index is -3.21. The van der Waals surface area contributed by atoms with Gasteiger partial charge in [-0.25, -0.2) is 22.5 Å². The Hall–Kier alpha value is -1.31. The first-order chi connectivity index (χ1) is 9.98. The van der Waals surface area contributed by atoms with Gasteiger partial charge in [-0.3, -0.25) is 0 Å². The number of rotatable bonds is 7. The predicted octanol–water partition coefficient (Wildman–Crippen LogP) is 2.70. The molecule has 1 heterocycles. The highest BCUT2D eigenvalue weighted by atomic mass is 32.2. The fraction of sp³-hybridized carbons (Fsp3) is 0.357. The normalized spacial score (nSPS) is 11.7. The maximum atomic E-state index is 12.8. The quantitative estimate of drug-likeness (QED) is 0.850. The zero-order valence-electron chi connectivity index (χ0n) is 11.7. The van der Waals surface area contributed by atoms with Crippen molar-refractivity contribution in [2.45, 2.75) is 26.3 Å². The van der Waals surface area contributed by atoms with E-state index in [1.807, 2.05) is 6.92 Å². The summed E-state index contributed by atoms with van der Waals surface area (Å²) < 4.78 is 38.5. The number of hydrogen-bond donors (Lipinski definition) is 1. The van der Waals surface area contributed by atoms with Gasteiger partial charge in [-0.2, -0.15) is 0 Å². The van der Waals surface area contributed by atoms with Crippen molar-refractivity contribution in [2.24, 2.45) is 0 Å². The van der Waals surface area contributed by atoms with Gasteiger partial charge < -0.3 is 0 Å². The third-order valence-electron chi connectivity index (χ3n) is 2.81. The van der Waals surface area contributed by atoms with Crippen molar-refractivity contribution in [3.8, 4) is 0 Å². The van der Waals surface area contributed by atoms with Gasteiger partial charge in [0, 0.05) is 17.5 Å². The van der Waals surface area contributed by atoms with Crippen molar-refractivity contribution in [3.05, 3.63) is 51.7 Å². The second-order valence-electron chi connectivity index (χ2n) is 4.66. The summed E-state index contributed by atoms with van der Waals surface area (Å²) in [4.78, 5) is 5.23. The highest BCUT2D eigenvalue weighted by Crippen LogP contribution is 2.17. The summed E-state index contributed by atoms with van der Waals surface area (Å²) in [5.41, 5.74) is 0.998. The van der Waals surface area contributed by atoms with Crippen molar-refractivity contribution in [3.63, 3.8) is 0 Å². The number of thiazole rings is 1. The molecule has 0 aliphatic rings. The van der Waals surface area contributed by atoms with Crippen LogP contribution in [0.25, 0.3) is 0 Å². The molecule has 1 N–H and O–H groups in total. The Kier molecular flexibility index (Phi) is 5.44. The lowest BCUT2D eigenvalue weighted by Gasteiger charge is -2.02. The average molecular weight is 328 g/mol. The summed E-state index contributed by atoms with van der Waals surface area (Å²) in [6.45, 7) is 2.04. The van der Waals surface area contributed by atoms with Gasteiger partial charge in [0.05, 0.1) is 12.3 Å². The molecule has 0 unspecified atom stereocenters. The van der Waals surface area contributed by atoms with Crippen molar-refractivity contribution in [2.75, 3.05) is 5.75 Å². The zero-order valence-corrected chi connectivity index (χ0v) is 13.3. The molecule has 0 aliphatic heterocycles. The average Bonchev–Trinajstić information content (AvgIpc) is 2.87. The molecule has 1 aromatic carbocycles. The van der Waals surface area contributed by atoms with Crippen LogP contribution in [0.1, 0.15) is 28.8 Å². The molecule has 0 radical (unpaired) electrons. The fourth-order valence-corrected chi connectivity index (χ4v) is 3.85. The van der Waals surface area contributed by atoms with E-state index in [4.69, 9.17) is 0 Å². The van der Waals surface area contributed by atoms with E-state index in [1.165, 1.54) is 23.5 Å². The van der Waals surface area contributed by atoms with Crippen LogP contribution < -0.4 is 4.72 Å². The standard InChI is InChI=1S/C14H17FN2O2S2/c1-2-7-21(18,19)17-10-14-16-9-13(20-14)8-11-3-5-12(15)6-4-11/h3-6,9,17H,2,7-8,10H2,1H3. The highest BCUT2D eigenvalue weighted by molar-refractivity contribution is 7.89. The van der Waals surface area contributed by atoms with E-state index in [1.54, 1.807) is 18.3 Å². The van der Waals surface area contributed by atoms with E-state index >= 15 is 0 Å². The van der Waals surface area contributed by atoms with Crippen LogP contribution in [0.3, 0.4) is 0 Å². The smallest absolute Gasteiger partial charge is 0.211 e. The van der Waals surface area contributed by atoms with E-state index in [9.17, 15) is 12.8 Å². The summed E-state index contributed by atoms with van der Waals surface area (Å²) >= 11 is 1.46. The molecular formula is C14H17FN2O2S2. The molecule has 0 saturated heterocycles. The third-order valence-corrected chi connectivity index (χ3v) is 5.34. The van der Waals surface area contributed by atoms with Crippen molar-refractivity contribution < 1.29 is 12.8 Å². The first kappa shape index (κ1) is 16.1. The number of nitrogens with zero attached hydrogens (tertiary/aromatic N) is 1. The van der Waals surface area contributed by atoms with E-state index in [0.717, 1.165) is 15.4 Å². The van der Waals surface area contributed by atoms with Crippen LogP contribution >= 0.6 is 11.3 Å². The molecule has 0 aliphatic carbocycles. The largest absolute Gasteiger partial charge is 0.248 e. The topological polar surface area (TPSA) is 59.1 Å². The molecular weight excluding hydrogens is 311 g/mol. The first-order valence-corrected chi connectivity index (χ1v) is 9.11. The van der Waals surface area contributed by atoms with E-state index in [-0.39, 0.29) is 18.1 Å². The molecule has 114 valence electrons. The minimum Gasteiger partial charge on any atom is -0.248 e. The molecule has 2 rings (SSSR count). The Labute approximate surface area is 128 Å². The molecule has 21 heavy (non-hydrogen) atoms. The van der Waals surface area contributed by atoms with Crippen LogP contribution in [0.2, 0.25) is 0 Å². The molecule has 1 aromatic heterocycles. The van der Waals surface area contributed by atoms with Gasteiger partial charge in [-0.1, -0.05) is 19.1 Å². The van der Waals surface area contributed by atoms with Crippen LogP contribution in [0.4, 0.5) is 4.39 Å². The molecule has 0 fully saturated rings. The number of nitrogens with one attached hydrogen (secondary N) is 1. The van der Waals surface area contributed by atoms with Gasteiger partial charge in [0.2, 0.25) is 10.0 Å². The van der Waals surface area contributed by atoms with Gasteiger partial charge in [-0.05, 0) is 24.1 Å². The number of hydrogen-bond acceptors (Lipinski definition) is 4. The van der Waals surface area contributed by atoms with Crippen LogP contribution in [0.5, 0.6) is 0 Å². The Morgan fingerprint density at radius 3 is 2.67 bits per heavy atom. The first-order valence-electron chi connectivity index (χ1n) is 6.64. The van der Waals surface area contributed by atoms with Crippen LogP contribution in [0, 0.1) is 5.82 Å². The third kappa shape index (κ3) is 5.18. The Morgan fingerprint density at radius 1 is 1.29 bits per heavy atom. The van der Waals surface area contributed by atoms with Crippen LogP contribution in [-0.4, -0.2) is 19.2 Å². The fourth-order valence-electron chi connectivity index (χ4n) is 1.83. The molecule has 0 bridgehead atoms. The number of sulfonamides is 1. The minimum absolute atomic E-state index is 0.126. The Balaban J connectivity index is 1.94. The van der Waals surface area contributed by atoms with Gasteiger partial charge in [0.25, 0.3) is 0 Å². The second kappa shape index (κ2) is 7.11. The Bertz CT molecular complexity index is 681. The second-order valence-corrected chi connectivity index (χ2v) is 7.79. The summed E-state index contributed by atoms with van der Waals surface area (Å²) in [5.74, 6) is -0.130. The zero-order chi connectivity index (χ0) is 15.3. The summed E-state index contributed by atoms with van der Waals surface area (Å²) in [6, 6.07) is 6.32. The number of aromatic nitrogens is 1. The number of halogens is 1. The number of benzene rings is 1. The Morgan fingerprint density at radius 2 is 2.00 bits per heavy atom. The summed E-state index contributed by atoms with van der Waals surface area (Å²) in [5, 5.41) is 0.729. The highest BCUT2D eigenvalue weighted by Gasteiger charge is 2.10. The van der Waals surface area contributed by atoms with Gasteiger partial charge in [-0.15, -0.1) is 11.3 Å². The molecule has 4 nitrogen and oxygen atoms in total. The van der Waals surface area contributed by atoms with E-state index < -0.39 is 10.0 Å². The molecule has 0 spiro atoms. The van der Waals surface area contributed by atoms with Crippen molar-refractivity contribution >= 4 is 21.4 Å². The van der Waals surface area contributed by atoms with Gasteiger partial charge >= 0.3 is 0 Å². The monoisotopic (exact) mass is 328 g/mol. The lowest BCUT2D eigenvalue weighted by atomic mass is 10.1. The van der Waals surface area contributed by atoms with Crippen molar-refractivity contribution in [1.82, 2.24) is 9.71 Å². The van der Waals surface area contributed by atoms with E-state index in [0.29, 0.717) is 12.8 Å². The van der Waals surface area contributed by atoms with Gasteiger partial charge in [0.1, 0.15) is 10.8 Å². The van der Waals surface area contributed by atoms with Crippen LogP contribution in [0.15, 0.2) is 30.5 Å². The molecule has 0 atom stereocenters. The molecule has 0 saturated carbocycles. The lowest BCUT2D eigenvalue weighted by Crippen LogP contribution is -2.25.